The van der Waals surface area contributed by atoms with Crippen molar-refractivity contribution in [2.75, 3.05) is 7.11 Å². The fraction of sp³-hybridized carbons (Fsp3) is 0.273. The van der Waals surface area contributed by atoms with Crippen LogP contribution in [0, 0.1) is 5.82 Å². The summed E-state index contributed by atoms with van der Waals surface area (Å²) < 4.78 is 17.1. The Balaban J connectivity index is 3.07. The van der Waals surface area contributed by atoms with Crippen molar-refractivity contribution in [3.05, 3.63) is 35.1 Å². The van der Waals surface area contributed by atoms with E-state index in [-0.39, 0.29) is 11.1 Å². The average Bonchev–Trinajstić information content (AvgIpc) is 2.35. The van der Waals surface area contributed by atoms with Crippen molar-refractivity contribution in [3.63, 3.8) is 0 Å². The lowest BCUT2D eigenvalue weighted by Gasteiger charge is -2.17. The number of ether oxygens (including phenoxy) is 1. The lowest BCUT2D eigenvalue weighted by Crippen LogP contribution is -2.29. The highest BCUT2D eigenvalue weighted by molar-refractivity contribution is 5.79. The van der Waals surface area contributed by atoms with Crippen LogP contribution in [0.15, 0.2) is 18.2 Å². The summed E-state index contributed by atoms with van der Waals surface area (Å²) in [5.41, 5.74) is -0.181. The summed E-state index contributed by atoms with van der Waals surface area (Å²) in [6.07, 6.45) is -3.15. The second-order valence-electron chi connectivity index (χ2n) is 3.30. The van der Waals surface area contributed by atoms with Gasteiger partial charge < -0.3 is 14.9 Å². The van der Waals surface area contributed by atoms with Gasteiger partial charge >= 0.3 is 5.97 Å². The monoisotopic (exact) mass is 242 g/mol. The van der Waals surface area contributed by atoms with Gasteiger partial charge in [-0.25, -0.2) is 9.18 Å². The highest BCUT2D eigenvalue weighted by atomic mass is 19.1. The van der Waals surface area contributed by atoms with Crippen molar-refractivity contribution < 1.29 is 28.9 Å². The van der Waals surface area contributed by atoms with Crippen molar-refractivity contribution in [3.8, 4) is 0 Å². The second kappa shape index (κ2) is 5.51. The third kappa shape index (κ3) is 2.86. The summed E-state index contributed by atoms with van der Waals surface area (Å²) in [5.74, 6) is -1.70. The molecule has 5 nitrogen and oxygen atoms in total. The molecular weight excluding hydrogens is 231 g/mol. The largest absolute Gasteiger partial charge is 0.467 e. The molecule has 0 amide bonds. The minimum absolute atomic E-state index is 0.0423. The van der Waals surface area contributed by atoms with E-state index in [0.29, 0.717) is 6.29 Å². The van der Waals surface area contributed by atoms with Gasteiger partial charge in [0, 0.05) is 5.56 Å². The molecule has 0 saturated heterocycles. The second-order valence-corrected chi connectivity index (χ2v) is 3.30. The molecule has 2 atom stereocenters. The summed E-state index contributed by atoms with van der Waals surface area (Å²) in [6, 6.07) is 3.03. The fourth-order valence-corrected chi connectivity index (χ4v) is 1.34. The number of aliphatic hydroxyl groups is 2. The van der Waals surface area contributed by atoms with E-state index in [9.17, 15) is 24.2 Å². The van der Waals surface area contributed by atoms with E-state index < -0.39 is 24.0 Å². The van der Waals surface area contributed by atoms with Gasteiger partial charge in [-0.1, -0.05) is 6.07 Å². The Morgan fingerprint density at radius 2 is 2.12 bits per heavy atom. The van der Waals surface area contributed by atoms with E-state index >= 15 is 0 Å². The average molecular weight is 242 g/mol. The predicted octanol–water partition coefficient (Wildman–Crippen LogP) is 0.206. The van der Waals surface area contributed by atoms with Crippen LogP contribution in [-0.4, -0.2) is 35.7 Å². The number of hydrogen-bond acceptors (Lipinski definition) is 5. The van der Waals surface area contributed by atoms with Crippen LogP contribution in [0.5, 0.6) is 0 Å². The standard InChI is InChI=1S/C11H11FO5/c1-17-11(16)10(15)9(14)8-3-2-7(12)4-6(8)5-13/h2-5,9-10,14-15H,1H3. The Morgan fingerprint density at radius 1 is 1.47 bits per heavy atom. The zero-order chi connectivity index (χ0) is 13.0. The predicted molar refractivity (Wildman–Crippen MR) is 54.8 cm³/mol. The Morgan fingerprint density at radius 3 is 2.65 bits per heavy atom. The molecule has 2 N–H and O–H groups in total. The van der Waals surface area contributed by atoms with Gasteiger partial charge in [0.05, 0.1) is 7.11 Å². The lowest BCUT2D eigenvalue weighted by molar-refractivity contribution is -0.156. The summed E-state index contributed by atoms with van der Waals surface area (Å²) in [4.78, 5) is 21.7. The molecule has 0 aromatic heterocycles. The normalized spacial score (nSPS) is 13.9. The molecule has 0 aliphatic carbocycles. The minimum Gasteiger partial charge on any atom is -0.467 e. The first-order valence-electron chi connectivity index (χ1n) is 4.69. The number of methoxy groups -OCH3 is 1. The molecule has 0 heterocycles. The molecule has 0 saturated carbocycles. The first-order chi connectivity index (χ1) is 8.01. The number of esters is 1. The van der Waals surface area contributed by atoms with Crippen LogP contribution in [0.1, 0.15) is 22.0 Å². The fourth-order valence-electron chi connectivity index (χ4n) is 1.34. The molecule has 6 heteroatoms. The maximum atomic E-state index is 12.8. The van der Waals surface area contributed by atoms with Gasteiger partial charge in [0.1, 0.15) is 11.9 Å². The van der Waals surface area contributed by atoms with Crippen LogP contribution >= 0.6 is 0 Å². The van der Waals surface area contributed by atoms with Gasteiger partial charge in [0.15, 0.2) is 12.4 Å². The molecule has 1 aromatic carbocycles. The molecule has 0 radical (unpaired) electrons. The Bertz CT molecular complexity index is 432. The Hall–Kier alpha value is -1.79. The van der Waals surface area contributed by atoms with Gasteiger partial charge in [0.2, 0.25) is 0 Å². The number of carbonyl (C=O) groups is 2. The number of halogens is 1. The van der Waals surface area contributed by atoms with Gasteiger partial charge in [-0.2, -0.15) is 0 Å². The first-order valence-corrected chi connectivity index (χ1v) is 4.69. The third-order valence-electron chi connectivity index (χ3n) is 2.24. The number of aldehydes is 1. The zero-order valence-corrected chi connectivity index (χ0v) is 8.96. The summed E-state index contributed by atoms with van der Waals surface area (Å²) >= 11 is 0. The summed E-state index contributed by atoms with van der Waals surface area (Å²) in [7, 11) is 1.05. The number of hydrogen-bond donors (Lipinski definition) is 2. The number of aliphatic hydroxyl groups excluding tert-OH is 2. The maximum Gasteiger partial charge on any atom is 0.337 e. The summed E-state index contributed by atoms with van der Waals surface area (Å²) in [6.45, 7) is 0. The van der Waals surface area contributed by atoms with Gasteiger partial charge in [-0.15, -0.1) is 0 Å². The van der Waals surface area contributed by atoms with Crippen LogP contribution in [0.3, 0.4) is 0 Å². The number of rotatable bonds is 4. The van der Waals surface area contributed by atoms with Crippen molar-refractivity contribution in [1.82, 2.24) is 0 Å². The molecule has 0 bridgehead atoms. The summed E-state index contributed by atoms with van der Waals surface area (Å²) in [5, 5.41) is 19.1. The van der Waals surface area contributed by atoms with Gasteiger partial charge in [-0.05, 0) is 17.7 Å². The third-order valence-corrected chi connectivity index (χ3v) is 2.24. The molecule has 0 spiro atoms. The van der Waals surface area contributed by atoms with Crippen LogP contribution in [0.2, 0.25) is 0 Å². The SMILES string of the molecule is COC(=O)C(O)C(O)c1ccc(F)cc1C=O. The molecule has 0 fully saturated rings. The molecule has 0 aliphatic rings. The van der Waals surface area contributed by atoms with Crippen molar-refractivity contribution in [1.29, 1.82) is 0 Å². The maximum absolute atomic E-state index is 12.8. The quantitative estimate of drug-likeness (QED) is 0.582. The van der Waals surface area contributed by atoms with Crippen LogP contribution in [-0.2, 0) is 9.53 Å². The lowest BCUT2D eigenvalue weighted by atomic mass is 9.99. The topological polar surface area (TPSA) is 83.8 Å². The molecular formula is C11H11FO5. The smallest absolute Gasteiger partial charge is 0.337 e. The first kappa shape index (κ1) is 13.3. The van der Waals surface area contributed by atoms with Crippen molar-refractivity contribution in [2.45, 2.75) is 12.2 Å². The van der Waals surface area contributed by atoms with Crippen LogP contribution in [0.25, 0.3) is 0 Å². The highest BCUT2D eigenvalue weighted by Crippen LogP contribution is 2.21. The Labute approximate surface area is 96.4 Å². The van der Waals surface area contributed by atoms with E-state index in [1.54, 1.807) is 0 Å². The van der Waals surface area contributed by atoms with Crippen LogP contribution in [0.4, 0.5) is 4.39 Å². The van der Waals surface area contributed by atoms with Gasteiger partial charge in [0.25, 0.3) is 0 Å². The van der Waals surface area contributed by atoms with E-state index in [4.69, 9.17) is 0 Å². The molecule has 2 unspecified atom stereocenters. The number of carbonyl (C=O) groups excluding carboxylic acids is 2. The van der Waals surface area contributed by atoms with E-state index in [1.807, 2.05) is 0 Å². The zero-order valence-electron chi connectivity index (χ0n) is 8.96. The van der Waals surface area contributed by atoms with Crippen molar-refractivity contribution in [2.24, 2.45) is 0 Å². The molecule has 0 aliphatic heterocycles. The number of benzene rings is 1. The molecule has 1 aromatic rings. The van der Waals surface area contributed by atoms with E-state index in [2.05, 4.69) is 4.74 Å². The van der Waals surface area contributed by atoms with Crippen LogP contribution < -0.4 is 0 Å². The molecule has 92 valence electrons. The van der Waals surface area contributed by atoms with E-state index in [0.717, 1.165) is 25.3 Å². The van der Waals surface area contributed by atoms with Gasteiger partial charge in [-0.3, -0.25) is 4.79 Å². The molecule has 1 rings (SSSR count). The molecule has 17 heavy (non-hydrogen) atoms. The minimum atomic E-state index is -1.83. The van der Waals surface area contributed by atoms with Crippen molar-refractivity contribution >= 4 is 12.3 Å². The Kier molecular flexibility index (Phi) is 4.30. The van der Waals surface area contributed by atoms with E-state index in [1.165, 1.54) is 0 Å². The highest BCUT2D eigenvalue weighted by Gasteiger charge is 2.28.